The smallest absolute Gasteiger partial charge is 0.233 e. The number of amides is 1. The van der Waals surface area contributed by atoms with E-state index in [1.54, 1.807) is 23.2 Å². The van der Waals surface area contributed by atoms with Crippen LogP contribution in [0.1, 0.15) is 11.1 Å². The number of rotatable bonds is 8. The molecule has 0 saturated carbocycles. The molecule has 0 spiro atoms. The summed E-state index contributed by atoms with van der Waals surface area (Å²) in [6.45, 7) is 12.6. The van der Waals surface area contributed by atoms with E-state index >= 15 is 0 Å². The van der Waals surface area contributed by atoms with Crippen LogP contribution in [0.5, 0.6) is 0 Å². The van der Waals surface area contributed by atoms with Crippen LogP contribution in [-0.4, -0.2) is 39.2 Å². The number of aromatic nitrogens is 2. The molecule has 2 aromatic rings. The molecule has 0 N–H and O–H groups in total. The lowest BCUT2D eigenvalue weighted by Gasteiger charge is -2.19. The predicted octanol–water partition coefficient (Wildman–Crippen LogP) is 3.78. The summed E-state index contributed by atoms with van der Waals surface area (Å²) in [6, 6.07) is 6.32. The van der Waals surface area contributed by atoms with E-state index in [-0.39, 0.29) is 5.91 Å². The van der Waals surface area contributed by atoms with Gasteiger partial charge in [-0.3, -0.25) is 9.36 Å². The van der Waals surface area contributed by atoms with Gasteiger partial charge in [-0.25, -0.2) is 4.98 Å². The topological polar surface area (TPSA) is 38.1 Å². The van der Waals surface area contributed by atoms with Crippen molar-refractivity contribution in [2.45, 2.75) is 19.0 Å². The lowest BCUT2D eigenvalue weighted by atomic mass is 10.1. The van der Waals surface area contributed by atoms with Crippen molar-refractivity contribution >= 4 is 17.7 Å². The molecule has 4 nitrogen and oxygen atoms in total. The van der Waals surface area contributed by atoms with Gasteiger partial charge in [0.25, 0.3) is 0 Å². The van der Waals surface area contributed by atoms with Gasteiger partial charge in [0.15, 0.2) is 5.16 Å². The summed E-state index contributed by atoms with van der Waals surface area (Å²) in [7, 11) is 0. The zero-order valence-corrected chi connectivity index (χ0v) is 15.1. The SMILES string of the molecule is C=CCN(CC=C)C(=O)CSc1nccn1-c1cc(C)ccc1C. The Morgan fingerprint density at radius 3 is 2.67 bits per heavy atom. The number of thioether (sulfide) groups is 1. The normalized spacial score (nSPS) is 10.4. The van der Waals surface area contributed by atoms with Gasteiger partial charge in [-0.1, -0.05) is 36.0 Å². The third-order valence-corrected chi connectivity index (χ3v) is 4.56. The molecule has 1 aromatic heterocycles. The van der Waals surface area contributed by atoms with E-state index in [1.807, 2.05) is 10.8 Å². The molecule has 1 heterocycles. The minimum Gasteiger partial charge on any atom is -0.335 e. The second kappa shape index (κ2) is 8.55. The van der Waals surface area contributed by atoms with Gasteiger partial charge in [-0.15, -0.1) is 13.2 Å². The first-order chi connectivity index (χ1) is 11.6. The number of hydrogen-bond acceptors (Lipinski definition) is 3. The van der Waals surface area contributed by atoms with E-state index in [1.165, 1.54) is 22.9 Å². The Morgan fingerprint density at radius 1 is 1.29 bits per heavy atom. The van der Waals surface area contributed by atoms with E-state index < -0.39 is 0 Å². The van der Waals surface area contributed by atoms with Crippen LogP contribution in [0.3, 0.4) is 0 Å². The van der Waals surface area contributed by atoms with Crippen molar-refractivity contribution in [2.24, 2.45) is 0 Å². The summed E-state index contributed by atoms with van der Waals surface area (Å²) >= 11 is 1.44. The Morgan fingerprint density at radius 2 is 2.00 bits per heavy atom. The first-order valence-electron chi connectivity index (χ1n) is 7.80. The van der Waals surface area contributed by atoms with E-state index in [0.717, 1.165) is 10.8 Å². The second-order valence-electron chi connectivity index (χ2n) is 5.53. The van der Waals surface area contributed by atoms with Gasteiger partial charge in [0, 0.05) is 25.5 Å². The number of carbonyl (C=O) groups excluding carboxylic acids is 1. The van der Waals surface area contributed by atoms with Crippen LogP contribution in [0.15, 0.2) is 61.1 Å². The maximum absolute atomic E-state index is 12.4. The van der Waals surface area contributed by atoms with Crippen molar-refractivity contribution in [1.82, 2.24) is 14.5 Å². The minimum absolute atomic E-state index is 0.0512. The number of hydrogen-bond donors (Lipinski definition) is 0. The highest BCUT2D eigenvalue weighted by molar-refractivity contribution is 7.99. The summed E-state index contributed by atoms with van der Waals surface area (Å²) in [5.74, 6) is 0.388. The quantitative estimate of drug-likeness (QED) is 0.542. The number of carbonyl (C=O) groups is 1. The summed E-state index contributed by atoms with van der Waals surface area (Å²) in [4.78, 5) is 18.5. The van der Waals surface area contributed by atoms with Crippen LogP contribution in [0.4, 0.5) is 0 Å². The van der Waals surface area contributed by atoms with Crippen molar-refractivity contribution in [1.29, 1.82) is 0 Å². The molecule has 0 atom stereocenters. The van der Waals surface area contributed by atoms with Crippen LogP contribution < -0.4 is 0 Å². The van der Waals surface area contributed by atoms with Gasteiger partial charge in [-0.05, 0) is 31.0 Å². The zero-order valence-electron chi connectivity index (χ0n) is 14.2. The van der Waals surface area contributed by atoms with Crippen molar-refractivity contribution in [3.05, 3.63) is 67.0 Å². The Labute approximate surface area is 147 Å². The fourth-order valence-electron chi connectivity index (χ4n) is 2.37. The van der Waals surface area contributed by atoms with E-state index in [4.69, 9.17) is 0 Å². The van der Waals surface area contributed by atoms with Crippen LogP contribution in [0.25, 0.3) is 5.69 Å². The Balaban J connectivity index is 2.13. The average molecular weight is 341 g/mol. The van der Waals surface area contributed by atoms with Gasteiger partial charge in [0.05, 0.1) is 11.4 Å². The number of aryl methyl sites for hydroxylation is 2. The van der Waals surface area contributed by atoms with Gasteiger partial charge >= 0.3 is 0 Å². The molecule has 0 saturated heterocycles. The summed E-state index contributed by atoms with van der Waals surface area (Å²) < 4.78 is 2.03. The highest BCUT2D eigenvalue weighted by Gasteiger charge is 2.14. The highest BCUT2D eigenvalue weighted by Crippen LogP contribution is 2.23. The molecule has 0 radical (unpaired) electrons. The predicted molar refractivity (Wildman–Crippen MR) is 101 cm³/mol. The third kappa shape index (κ3) is 4.38. The molecule has 0 aliphatic carbocycles. The van der Waals surface area contributed by atoms with Gasteiger partial charge in [0.1, 0.15) is 0 Å². The van der Waals surface area contributed by atoms with Gasteiger partial charge in [0.2, 0.25) is 5.91 Å². The molecule has 0 aliphatic heterocycles. The minimum atomic E-state index is 0.0512. The van der Waals surface area contributed by atoms with Crippen molar-refractivity contribution in [3.63, 3.8) is 0 Å². The van der Waals surface area contributed by atoms with Crippen LogP contribution in [0.2, 0.25) is 0 Å². The average Bonchev–Trinajstić information content (AvgIpc) is 3.03. The molecular formula is C19H23N3OS. The molecule has 5 heteroatoms. The van der Waals surface area contributed by atoms with Crippen molar-refractivity contribution < 1.29 is 4.79 Å². The maximum Gasteiger partial charge on any atom is 0.233 e. The Bertz CT molecular complexity index is 726. The molecule has 0 unspecified atom stereocenters. The molecule has 2 rings (SSSR count). The summed E-state index contributed by atoms with van der Waals surface area (Å²) in [5, 5.41) is 0.814. The molecule has 1 amide bonds. The lowest BCUT2D eigenvalue weighted by Crippen LogP contribution is -2.32. The summed E-state index contributed by atoms with van der Waals surface area (Å²) in [5.41, 5.74) is 3.46. The Hall–Kier alpha value is -2.27. The molecule has 1 aromatic carbocycles. The molecule has 0 aliphatic rings. The number of benzene rings is 1. The standard InChI is InChI=1S/C19H23N3OS/c1-5-10-21(11-6-2)18(23)14-24-19-20-9-12-22(19)17-13-15(3)7-8-16(17)4/h5-9,12-13H,1-2,10-11,14H2,3-4H3. The number of imidazole rings is 1. The van der Waals surface area contributed by atoms with Gasteiger partial charge < -0.3 is 4.90 Å². The van der Waals surface area contributed by atoms with Gasteiger partial charge in [-0.2, -0.15) is 0 Å². The molecular weight excluding hydrogens is 318 g/mol. The zero-order chi connectivity index (χ0) is 17.5. The third-order valence-electron chi connectivity index (χ3n) is 3.61. The molecule has 24 heavy (non-hydrogen) atoms. The van der Waals surface area contributed by atoms with Crippen LogP contribution in [-0.2, 0) is 4.79 Å². The fraction of sp³-hybridized carbons (Fsp3) is 0.263. The first kappa shape index (κ1) is 18.1. The maximum atomic E-state index is 12.4. The Kier molecular flexibility index (Phi) is 6.44. The van der Waals surface area contributed by atoms with Crippen LogP contribution >= 0.6 is 11.8 Å². The lowest BCUT2D eigenvalue weighted by molar-refractivity contribution is -0.127. The van der Waals surface area contributed by atoms with E-state index in [2.05, 4.69) is 50.2 Å². The highest BCUT2D eigenvalue weighted by atomic mass is 32.2. The molecule has 0 bridgehead atoms. The molecule has 0 fully saturated rings. The summed E-state index contributed by atoms with van der Waals surface area (Å²) in [6.07, 6.45) is 7.14. The second-order valence-corrected chi connectivity index (χ2v) is 6.48. The largest absolute Gasteiger partial charge is 0.335 e. The van der Waals surface area contributed by atoms with E-state index in [9.17, 15) is 4.79 Å². The van der Waals surface area contributed by atoms with Crippen molar-refractivity contribution in [2.75, 3.05) is 18.8 Å². The van der Waals surface area contributed by atoms with E-state index in [0.29, 0.717) is 18.8 Å². The first-order valence-corrected chi connectivity index (χ1v) is 8.78. The van der Waals surface area contributed by atoms with Crippen LogP contribution in [0, 0.1) is 13.8 Å². The fourth-order valence-corrected chi connectivity index (χ4v) is 3.24. The monoisotopic (exact) mass is 341 g/mol. The van der Waals surface area contributed by atoms with Crippen molar-refractivity contribution in [3.8, 4) is 5.69 Å². The number of nitrogens with zero attached hydrogens (tertiary/aromatic N) is 3. The molecule has 126 valence electrons.